The number of phenolic OH excluding ortho intramolecular Hbond substituents is 1. The van der Waals surface area contributed by atoms with Crippen LogP contribution in [0.2, 0.25) is 0 Å². The molecule has 0 saturated carbocycles. The molecule has 2 rings (SSSR count). The van der Waals surface area contributed by atoms with Crippen molar-refractivity contribution in [3.05, 3.63) is 53.8 Å². The molecular formula is C16H20O2. The van der Waals surface area contributed by atoms with Crippen LogP contribution in [0.1, 0.15) is 25.3 Å². The Labute approximate surface area is 108 Å². The van der Waals surface area contributed by atoms with E-state index < -0.39 is 0 Å². The van der Waals surface area contributed by atoms with Crippen LogP contribution >= 0.6 is 0 Å². The fraction of sp³-hybridized carbons (Fsp3) is 0.375. The third-order valence-electron chi connectivity index (χ3n) is 3.68. The summed E-state index contributed by atoms with van der Waals surface area (Å²) in [6.45, 7) is 2.21. The second-order valence-corrected chi connectivity index (χ2v) is 4.93. The lowest BCUT2D eigenvalue weighted by atomic mass is 9.81. The minimum absolute atomic E-state index is 0.317. The third kappa shape index (κ3) is 3.16. The van der Waals surface area contributed by atoms with Gasteiger partial charge in [-0.2, -0.15) is 0 Å². The smallest absolute Gasteiger partial charge is 0.115 e. The lowest BCUT2D eigenvalue weighted by Crippen LogP contribution is -2.16. The van der Waals surface area contributed by atoms with Crippen molar-refractivity contribution in [2.24, 2.45) is 11.8 Å². The summed E-state index contributed by atoms with van der Waals surface area (Å²) in [6.07, 6.45) is 8.85. The van der Waals surface area contributed by atoms with Crippen LogP contribution in [0.4, 0.5) is 0 Å². The normalized spacial score (nSPS) is 20.5. The molecule has 2 heteroatoms. The van der Waals surface area contributed by atoms with Gasteiger partial charge < -0.3 is 10.2 Å². The molecule has 96 valence electrons. The molecule has 0 fully saturated rings. The van der Waals surface area contributed by atoms with Crippen molar-refractivity contribution in [2.45, 2.75) is 26.2 Å². The second kappa shape index (κ2) is 5.76. The van der Waals surface area contributed by atoms with Crippen LogP contribution in [0, 0.1) is 11.8 Å². The predicted octanol–water partition coefficient (Wildman–Crippen LogP) is 3.98. The Balaban J connectivity index is 2.02. The molecule has 2 atom stereocenters. The fourth-order valence-electron chi connectivity index (χ4n) is 2.51. The Bertz CT molecular complexity index is 443. The summed E-state index contributed by atoms with van der Waals surface area (Å²) in [6, 6.07) is 7.45. The van der Waals surface area contributed by atoms with Gasteiger partial charge in [-0.05, 0) is 54.5 Å². The summed E-state index contributed by atoms with van der Waals surface area (Å²) in [5, 5.41) is 18.6. The van der Waals surface area contributed by atoms with Gasteiger partial charge in [0.05, 0.1) is 0 Å². The van der Waals surface area contributed by atoms with Crippen LogP contribution in [-0.2, 0) is 6.42 Å². The molecule has 0 radical (unpaired) electrons. The first-order valence-corrected chi connectivity index (χ1v) is 6.54. The number of benzene rings is 1. The Morgan fingerprint density at radius 1 is 1.22 bits per heavy atom. The maximum atomic E-state index is 9.35. The number of aliphatic hydroxyl groups excluding tert-OH is 1. The molecule has 2 nitrogen and oxygen atoms in total. The van der Waals surface area contributed by atoms with Crippen LogP contribution in [0.15, 0.2) is 48.3 Å². The van der Waals surface area contributed by atoms with E-state index in [1.807, 2.05) is 18.2 Å². The molecule has 1 aliphatic rings. The second-order valence-electron chi connectivity index (χ2n) is 4.93. The highest BCUT2D eigenvalue weighted by molar-refractivity contribution is 5.26. The molecule has 0 bridgehead atoms. The molecule has 0 aromatic heterocycles. The lowest BCUT2D eigenvalue weighted by Gasteiger charge is -2.24. The van der Waals surface area contributed by atoms with Crippen LogP contribution < -0.4 is 0 Å². The third-order valence-corrected chi connectivity index (χ3v) is 3.68. The van der Waals surface area contributed by atoms with E-state index in [0.717, 1.165) is 19.3 Å². The number of aromatic hydroxyl groups is 1. The van der Waals surface area contributed by atoms with E-state index in [1.165, 1.54) is 5.56 Å². The summed E-state index contributed by atoms with van der Waals surface area (Å²) >= 11 is 0. The molecule has 1 aromatic rings. The summed E-state index contributed by atoms with van der Waals surface area (Å²) in [4.78, 5) is 0. The van der Waals surface area contributed by atoms with E-state index in [-0.39, 0.29) is 0 Å². The Hall–Kier alpha value is -1.70. The van der Waals surface area contributed by atoms with Crippen LogP contribution in [0.3, 0.4) is 0 Å². The van der Waals surface area contributed by atoms with E-state index in [9.17, 15) is 10.2 Å². The van der Waals surface area contributed by atoms with Gasteiger partial charge in [0.2, 0.25) is 0 Å². The van der Waals surface area contributed by atoms with Crippen molar-refractivity contribution in [3.8, 4) is 5.75 Å². The minimum Gasteiger partial charge on any atom is -0.508 e. The number of allylic oxidation sites excluding steroid dienone is 3. The van der Waals surface area contributed by atoms with Crippen molar-refractivity contribution in [1.82, 2.24) is 0 Å². The molecule has 0 aliphatic heterocycles. The summed E-state index contributed by atoms with van der Waals surface area (Å²) < 4.78 is 0. The molecule has 0 saturated heterocycles. The minimum atomic E-state index is 0.317. The summed E-state index contributed by atoms with van der Waals surface area (Å²) in [7, 11) is 0. The van der Waals surface area contributed by atoms with Gasteiger partial charge in [0.25, 0.3) is 0 Å². The number of aliphatic hydroxyl groups is 1. The van der Waals surface area contributed by atoms with Crippen LogP contribution in [-0.4, -0.2) is 10.2 Å². The fourth-order valence-corrected chi connectivity index (χ4v) is 2.51. The Kier molecular flexibility index (Phi) is 4.08. The molecule has 1 aromatic carbocycles. The van der Waals surface area contributed by atoms with Gasteiger partial charge in [0.1, 0.15) is 11.5 Å². The van der Waals surface area contributed by atoms with Gasteiger partial charge >= 0.3 is 0 Å². The number of hydrogen-bond acceptors (Lipinski definition) is 2. The summed E-state index contributed by atoms with van der Waals surface area (Å²) in [5.74, 6) is 1.78. The van der Waals surface area contributed by atoms with Gasteiger partial charge in [-0.25, -0.2) is 0 Å². The highest BCUT2D eigenvalue weighted by atomic mass is 16.3. The van der Waals surface area contributed by atoms with Gasteiger partial charge in [0.15, 0.2) is 0 Å². The monoisotopic (exact) mass is 244 g/mol. The number of phenols is 1. The molecule has 0 spiro atoms. The van der Waals surface area contributed by atoms with Crippen LogP contribution in [0.25, 0.3) is 0 Å². The SMILES string of the molecule is CCC(Cc1ccc(O)cc1)C1C=CC(O)=CC1. The van der Waals surface area contributed by atoms with E-state index >= 15 is 0 Å². The van der Waals surface area contributed by atoms with Gasteiger partial charge in [-0.15, -0.1) is 0 Å². The molecule has 2 unspecified atom stereocenters. The quantitative estimate of drug-likeness (QED) is 0.841. The Morgan fingerprint density at radius 2 is 1.94 bits per heavy atom. The zero-order valence-electron chi connectivity index (χ0n) is 10.7. The largest absolute Gasteiger partial charge is 0.508 e. The van der Waals surface area contributed by atoms with E-state index in [0.29, 0.717) is 23.3 Å². The number of hydrogen-bond donors (Lipinski definition) is 2. The van der Waals surface area contributed by atoms with Gasteiger partial charge in [-0.1, -0.05) is 31.6 Å². The molecule has 18 heavy (non-hydrogen) atoms. The van der Waals surface area contributed by atoms with E-state index in [2.05, 4.69) is 13.0 Å². The highest BCUT2D eigenvalue weighted by Gasteiger charge is 2.19. The first kappa shape index (κ1) is 12.7. The Morgan fingerprint density at radius 3 is 2.50 bits per heavy atom. The van der Waals surface area contributed by atoms with E-state index in [4.69, 9.17) is 0 Å². The van der Waals surface area contributed by atoms with Crippen molar-refractivity contribution in [3.63, 3.8) is 0 Å². The maximum Gasteiger partial charge on any atom is 0.115 e. The van der Waals surface area contributed by atoms with Gasteiger partial charge in [-0.3, -0.25) is 0 Å². The maximum absolute atomic E-state index is 9.35. The highest BCUT2D eigenvalue weighted by Crippen LogP contribution is 2.28. The zero-order chi connectivity index (χ0) is 13.0. The first-order chi connectivity index (χ1) is 8.69. The number of rotatable bonds is 4. The molecule has 1 aliphatic carbocycles. The topological polar surface area (TPSA) is 40.5 Å². The van der Waals surface area contributed by atoms with Crippen LogP contribution in [0.5, 0.6) is 5.75 Å². The summed E-state index contributed by atoms with van der Waals surface area (Å²) in [5.41, 5.74) is 1.26. The van der Waals surface area contributed by atoms with Crippen molar-refractivity contribution < 1.29 is 10.2 Å². The van der Waals surface area contributed by atoms with E-state index in [1.54, 1.807) is 18.2 Å². The molecule has 0 amide bonds. The average molecular weight is 244 g/mol. The standard InChI is InChI=1S/C16H20O2/c1-2-13(14-5-9-16(18)10-6-14)11-12-3-7-15(17)8-4-12/h3-5,7-10,13-14,17-18H,2,6,11H2,1H3. The molecule has 0 heterocycles. The first-order valence-electron chi connectivity index (χ1n) is 6.54. The van der Waals surface area contributed by atoms with Gasteiger partial charge in [0, 0.05) is 0 Å². The van der Waals surface area contributed by atoms with Crippen molar-refractivity contribution >= 4 is 0 Å². The van der Waals surface area contributed by atoms with Crippen molar-refractivity contribution in [1.29, 1.82) is 0 Å². The predicted molar refractivity (Wildman–Crippen MR) is 73.6 cm³/mol. The van der Waals surface area contributed by atoms with Crippen molar-refractivity contribution in [2.75, 3.05) is 0 Å². The average Bonchev–Trinajstić information content (AvgIpc) is 2.39. The molecule has 2 N–H and O–H groups in total. The lowest BCUT2D eigenvalue weighted by molar-refractivity contribution is 0.362. The molecular weight excluding hydrogens is 224 g/mol. The zero-order valence-corrected chi connectivity index (χ0v) is 10.7.